The summed E-state index contributed by atoms with van der Waals surface area (Å²) >= 11 is 0. The number of aryl methyl sites for hydroxylation is 1. The highest BCUT2D eigenvalue weighted by molar-refractivity contribution is 5.61. The fourth-order valence-corrected chi connectivity index (χ4v) is 5.18. The first-order chi connectivity index (χ1) is 20.2. The number of likely N-dealkylation sites (N-methyl/N-ethyl adjacent to an activating group) is 1. The molecule has 4 aromatic rings. The number of hydrogen-bond donors (Lipinski definition) is 0. The summed E-state index contributed by atoms with van der Waals surface area (Å²) in [5, 5.41) is 0. The summed E-state index contributed by atoms with van der Waals surface area (Å²) in [6.45, 7) is 7.42. The zero-order valence-corrected chi connectivity index (χ0v) is 23.8. The predicted octanol–water partition coefficient (Wildman–Crippen LogP) is 8.70. The molecule has 0 saturated carbocycles. The van der Waals surface area contributed by atoms with Crippen LogP contribution in [0.5, 0.6) is 17.2 Å². The lowest BCUT2D eigenvalue weighted by Gasteiger charge is -2.32. The Kier molecular flexibility index (Phi) is 9.16. The number of unbranched alkanes of at least 4 members (excludes halogenated alkanes) is 1. The molecule has 0 spiro atoms. The average Bonchev–Trinajstić information content (AvgIpc) is 3.41. The molecule has 1 unspecified atom stereocenters. The third-order valence-corrected chi connectivity index (χ3v) is 7.49. The molecule has 1 aliphatic rings. The molecule has 2 heterocycles. The van der Waals surface area contributed by atoms with Crippen LogP contribution >= 0.6 is 0 Å². The van der Waals surface area contributed by atoms with Gasteiger partial charge in [0.15, 0.2) is 0 Å². The number of piperidine rings is 1. The van der Waals surface area contributed by atoms with Crippen LogP contribution in [0.3, 0.4) is 0 Å². The first kappa shape index (κ1) is 29.6. The van der Waals surface area contributed by atoms with Gasteiger partial charge in [0.1, 0.15) is 35.0 Å². The van der Waals surface area contributed by atoms with E-state index in [0.29, 0.717) is 11.8 Å². The fraction of sp³-hybridized carbons (Fsp3) is 0.364. The van der Waals surface area contributed by atoms with Gasteiger partial charge in [-0.1, -0.05) is 20.3 Å². The molecule has 1 fully saturated rings. The average molecular weight is 582 g/mol. The van der Waals surface area contributed by atoms with Crippen molar-refractivity contribution in [1.82, 2.24) is 14.5 Å². The molecule has 0 bridgehead atoms. The zero-order chi connectivity index (χ0) is 29.7. The normalized spacial score (nSPS) is 16.0. The largest absolute Gasteiger partial charge is 0.489 e. The Balaban J connectivity index is 1.32. The fourth-order valence-electron chi connectivity index (χ4n) is 5.18. The molecule has 0 radical (unpaired) electrons. The van der Waals surface area contributed by atoms with E-state index in [-0.39, 0.29) is 11.9 Å². The number of imidazole rings is 1. The predicted molar refractivity (Wildman–Crippen MR) is 155 cm³/mol. The Morgan fingerprint density at radius 2 is 1.64 bits per heavy atom. The van der Waals surface area contributed by atoms with Crippen molar-refractivity contribution in [3.05, 3.63) is 90.1 Å². The number of rotatable bonds is 10. The van der Waals surface area contributed by atoms with Gasteiger partial charge in [0, 0.05) is 30.4 Å². The second kappa shape index (κ2) is 13.0. The third-order valence-electron chi connectivity index (χ3n) is 7.49. The van der Waals surface area contributed by atoms with Gasteiger partial charge >= 0.3 is 6.18 Å². The van der Waals surface area contributed by atoms with Crippen molar-refractivity contribution in [2.24, 2.45) is 0 Å². The highest BCUT2D eigenvalue weighted by Gasteiger charge is 2.34. The van der Waals surface area contributed by atoms with E-state index < -0.39 is 17.6 Å². The van der Waals surface area contributed by atoms with Crippen LogP contribution in [-0.2, 0) is 12.6 Å². The molecule has 1 atom stereocenters. The lowest BCUT2D eigenvalue weighted by atomic mass is 10.1. The molecule has 222 valence electrons. The maximum Gasteiger partial charge on any atom is 0.419 e. The number of ether oxygens (including phenoxy) is 2. The quantitative estimate of drug-likeness (QED) is 0.176. The molecule has 5 rings (SSSR count). The number of alkyl halides is 3. The summed E-state index contributed by atoms with van der Waals surface area (Å²) in [4.78, 5) is 7.35. The number of benzene rings is 3. The van der Waals surface area contributed by atoms with Gasteiger partial charge in [-0.25, -0.2) is 9.37 Å². The molecule has 1 saturated heterocycles. The van der Waals surface area contributed by atoms with Crippen LogP contribution in [0.1, 0.15) is 50.9 Å². The van der Waals surface area contributed by atoms with E-state index in [1.165, 1.54) is 6.07 Å². The minimum atomic E-state index is -4.80. The molecule has 0 N–H and O–H groups in total. The highest BCUT2D eigenvalue weighted by atomic mass is 19.4. The van der Waals surface area contributed by atoms with Crippen LogP contribution in [0, 0.1) is 5.82 Å². The summed E-state index contributed by atoms with van der Waals surface area (Å²) in [6, 6.07) is 17.6. The summed E-state index contributed by atoms with van der Waals surface area (Å²) in [5.74, 6) is 0.672. The summed E-state index contributed by atoms with van der Waals surface area (Å²) < 4.78 is 66.8. The van der Waals surface area contributed by atoms with Crippen LogP contribution < -0.4 is 9.47 Å². The molecular weight excluding hydrogens is 546 g/mol. The number of nitrogens with zero attached hydrogens (tertiary/aromatic N) is 3. The molecular formula is C33H35F4N3O2. The highest BCUT2D eigenvalue weighted by Crippen LogP contribution is 2.35. The van der Waals surface area contributed by atoms with Crippen molar-refractivity contribution in [1.29, 1.82) is 0 Å². The van der Waals surface area contributed by atoms with Gasteiger partial charge < -0.3 is 14.0 Å². The van der Waals surface area contributed by atoms with Crippen molar-refractivity contribution < 1.29 is 27.0 Å². The zero-order valence-electron chi connectivity index (χ0n) is 23.8. The van der Waals surface area contributed by atoms with E-state index >= 15 is 0 Å². The first-order valence-electron chi connectivity index (χ1n) is 14.5. The topological polar surface area (TPSA) is 39.5 Å². The van der Waals surface area contributed by atoms with Crippen LogP contribution in [0.25, 0.3) is 16.9 Å². The van der Waals surface area contributed by atoms with E-state index in [9.17, 15) is 17.6 Å². The maximum atomic E-state index is 13.6. The van der Waals surface area contributed by atoms with Crippen molar-refractivity contribution in [2.75, 3.05) is 19.6 Å². The molecule has 42 heavy (non-hydrogen) atoms. The lowest BCUT2D eigenvalue weighted by molar-refractivity contribution is -0.140. The SMILES string of the molecule is CCCCc1nc(-c2ccc(OC3CCCN(CC)C3)cc2)cn1-c1ccc(Oc2ccc(F)c(C(F)(F)F)c2)cc1. The Labute approximate surface area is 243 Å². The van der Waals surface area contributed by atoms with E-state index in [1.807, 2.05) is 47.2 Å². The van der Waals surface area contributed by atoms with E-state index in [4.69, 9.17) is 14.5 Å². The van der Waals surface area contributed by atoms with E-state index in [2.05, 4.69) is 18.7 Å². The molecule has 9 heteroatoms. The van der Waals surface area contributed by atoms with Gasteiger partial charge in [0.2, 0.25) is 0 Å². The van der Waals surface area contributed by atoms with E-state index in [0.717, 1.165) is 86.3 Å². The molecule has 1 aliphatic heterocycles. The number of hydrogen-bond acceptors (Lipinski definition) is 4. The Morgan fingerprint density at radius 3 is 2.33 bits per heavy atom. The minimum Gasteiger partial charge on any atom is -0.489 e. The van der Waals surface area contributed by atoms with Crippen molar-refractivity contribution in [3.63, 3.8) is 0 Å². The monoisotopic (exact) mass is 581 g/mol. The second-order valence-corrected chi connectivity index (χ2v) is 10.6. The minimum absolute atomic E-state index is 0.0939. The van der Waals surface area contributed by atoms with Gasteiger partial charge in [-0.3, -0.25) is 4.90 Å². The van der Waals surface area contributed by atoms with Crippen LogP contribution in [0.2, 0.25) is 0 Å². The smallest absolute Gasteiger partial charge is 0.419 e. The van der Waals surface area contributed by atoms with Gasteiger partial charge in [0.25, 0.3) is 0 Å². The number of likely N-dealkylation sites (tertiary alicyclic amines) is 1. The second-order valence-electron chi connectivity index (χ2n) is 10.6. The van der Waals surface area contributed by atoms with Crippen molar-refractivity contribution in [2.45, 2.75) is 58.2 Å². The standard InChI is InChI=1S/C33H35F4N3O2/c1-3-5-8-32-38-31(23-9-13-25(14-10-23)42-28-7-6-19-39(4-2)21-28)22-40(32)24-11-15-26(16-12-24)41-27-17-18-30(34)29(20-27)33(35,36)37/h9-18,20,22,28H,3-8,19,21H2,1-2H3. The maximum absolute atomic E-state index is 13.6. The van der Waals surface area contributed by atoms with Gasteiger partial charge in [-0.05, 0) is 99.1 Å². The third kappa shape index (κ3) is 7.13. The Hall–Kier alpha value is -3.85. The molecule has 1 aromatic heterocycles. The van der Waals surface area contributed by atoms with Crippen molar-refractivity contribution >= 4 is 0 Å². The molecule has 0 amide bonds. The van der Waals surface area contributed by atoms with Crippen LogP contribution in [-0.4, -0.2) is 40.2 Å². The lowest BCUT2D eigenvalue weighted by Crippen LogP contribution is -2.40. The summed E-state index contributed by atoms with van der Waals surface area (Å²) in [7, 11) is 0. The molecule has 0 aliphatic carbocycles. The Bertz CT molecular complexity index is 1470. The molecule has 3 aromatic carbocycles. The van der Waals surface area contributed by atoms with Gasteiger partial charge in [-0.15, -0.1) is 0 Å². The number of halogens is 4. The summed E-state index contributed by atoms with van der Waals surface area (Å²) in [6.07, 6.45) is 2.39. The van der Waals surface area contributed by atoms with Gasteiger partial charge in [0.05, 0.1) is 11.3 Å². The van der Waals surface area contributed by atoms with Crippen LogP contribution in [0.4, 0.5) is 17.6 Å². The Morgan fingerprint density at radius 1 is 0.929 bits per heavy atom. The van der Waals surface area contributed by atoms with Gasteiger partial charge in [-0.2, -0.15) is 13.2 Å². The first-order valence-corrected chi connectivity index (χ1v) is 14.5. The summed E-state index contributed by atoms with van der Waals surface area (Å²) in [5.41, 5.74) is 1.31. The van der Waals surface area contributed by atoms with E-state index in [1.54, 1.807) is 12.1 Å². The number of aromatic nitrogens is 2. The molecule has 5 nitrogen and oxygen atoms in total. The van der Waals surface area contributed by atoms with Crippen LogP contribution in [0.15, 0.2) is 72.9 Å². The van der Waals surface area contributed by atoms with Crippen molar-refractivity contribution in [3.8, 4) is 34.2 Å².